The van der Waals surface area contributed by atoms with Crippen LogP contribution in [0.25, 0.3) is 0 Å². The van der Waals surface area contributed by atoms with Crippen LogP contribution in [0.1, 0.15) is 32.6 Å². The molecule has 2 rings (SSSR count). The van der Waals surface area contributed by atoms with Crippen molar-refractivity contribution in [2.24, 2.45) is 0 Å². The second kappa shape index (κ2) is 5.14. The van der Waals surface area contributed by atoms with Crippen molar-refractivity contribution in [1.82, 2.24) is 10.6 Å². The molecule has 1 aliphatic heterocycles. The lowest BCUT2D eigenvalue weighted by Gasteiger charge is -1.95. The summed E-state index contributed by atoms with van der Waals surface area (Å²) in [6.45, 7) is 3.47. The van der Waals surface area contributed by atoms with Gasteiger partial charge in [-0.25, -0.2) is 0 Å². The van der Waals surface area contributed by atoms with Crippen LogP contribution in [0.15, 0.2) is 0 Å². The summed E-state index contributed by atoms with van der Waals surface area (Å²) < 4.78 is 0. The zero-order chi connectivity index (χ0) is 8.81. The van der Waals surface area contributed by atoms with Crippen LogP contribution in [0.5, 0.6) is 0 Å². The second-order valence-electron chi connectivity index (χ2n) is 3.56. The third-order valence-corrected chi connectivity index (χ3v) is 2.19. The topological polar surface area (TPSA) is 41.1 Å². The van der Waals surface area contributed by atoms with Gasteiger partial charge in [0.1, 0.15) is 0 Å². The minimum atomic E-state index is 0.530. The Morgan fingerprint density at radius 2 is 2.17 bits per heavy atom. The van der Waals surface area contributed by atoms with Crippen molar-refractivity contribution in [3.05, 3.63) is 0 Å². The molecule has 0 aromatic rings. The summed E-state index contributed by atoms with van der Waals surface area (Å²) in [4.78, 5) is 9.54. The summed E-state index contributed by atoms with van der Waals surface area (Å²) in [5.74, 6) is 0. The molecule has 3 heteroatoms. The number of rotatable bonds is 2. The van der Waals surface area contributed by atoms with Crippen LogP contribution in [0.4, 0.5) is 0 Å². The summed E-state index contributed by atoms with van der Waals surface area (Å²) in [5, 5.41) is 5.96. The molecule has 2 N–H and O–H groups in total. The molecule has 0 radical (unpaired) electrons. The molecule has 2 aliphatic rings. The Morgan fingerprint density at radius 3 is 2.33 bits per heavy atom. The van der Waals surface area contributed by atoms with Crippen LogP contribution in [0.2, 0.25) is 0 Å². The molecule has 0 aromatic heterocycles. The maximum Gasteiger partial charge on any atom is 0.207 e. The molecule has 1 atom stereocenters. The number of hydrogen-bond acceptors (Lipinski definition) is 2. The Kier molecular flexibility index (Phi) is 4.08. The molecule has 0 spiro atoms. The lowest BCUT2D eigenvalue weighted by molar-refractivity contribution is -0.109. The Morgan fingerprint density at radius 1 is 1.42 bits per heavy atom. The molecule has 70 valence electrons. The third kappa shape index (κ3) is 4.34. The highest BCUT2D eigenvalue weighted by Gasteiger charge is 2.18. The molecule has 1 amide bonds. The molecule has 1 aliphatic carbocycles. The van der Waals surface area contributed by atoms with Crippen molar-refractivity contribution in [2.45, 2.75) is 44.7 Å². The number of nitrogens with one attached hydrogen (secondary N) is 2. The van der Waals surface area contributed by atoms with Gasteiger partial charge in [-0.05, 0) is 39.2 Å². The molecular weight excluding hydrogens is 152 g/mol. The lowest BCUT2D eigenvalue weighted by Crippen LogP contribution is -2.16. The van der Waals surface area contributed by atoms with E-state index in [-0.39, 0.29) is 0 Å². The van der Waals surface area contributed by atoms with E-state index in [1.54, 1.807) is 0 Å². The molecule has 12 heavy (non-hydrogen) atoms. The molecule has 3 nitrogen and oxygen atoms in total. The number of amides is 1. The van der Waals surface area contributed by atoms with Crippen molar-refractivity contribution in [3.8, 4) is 0 Å². The maximum atomic E-state index is 9.54. The van der Waals surface area contributed by atoms with Crippen LogP contribution in [0.3, 0.4) is 0 Å². The van der Waals surface area contributed by atoms with E-state index >= 15 is 0 Å². The first kappa shape index (κ1) is 9.52. The van der Waals surface area contributed by atoms with E-state index in [4.69, 9.17) is 0 Å². The van der Waals surface area contributed by atoms with Gasteiger partial charge in [0, 0.05) is 12.1 Å². The minimum Gasteiger partial charge on any atom is -0.356 e. The molecule has 1 unspecified atom stereocenters. The summed E-state index contributed by atoms with van der Waals surface area (Å²) in [6, 6.07) is 1.33. The monoisotopic (exact) mass is 170 g/mol. The van der Waals surface area contributed by atoms with Crippen LogP contribution in [-0.2, 0) is 4.79 Å². The average molecular weight is 170 g/mol. The first-order valence-electron chi connectivity index (χ1n) is 4.76. The standard InChI is InChI=1S/C5H11N.C4H7NO/c1-5-3-2-4-6-5;6-3-5-4-1-2-4/h5-6H,2-4H2,1H3;3-4H,1-2H2,(H,5,6). The van der Waals surface area contributed by atoms with Gasteiger partial charge in [0.2, 0.25) is 6.41 Å². The van der Waals surface area contributed by atoms with E-state index in [9.17, 15) is 4.79 Å². The minimum absolute atomic E-state index is 0.530. The normalized spacial score (nSPS) is 27.2. The largest absolute Gasteiger partial charge is 0.356 e. The van der Waals surface area contributed by atoms with E-state index in [2.05, 4.69) is 17.6 Å². The van der Waals surface area contributed by atoms with Gasteiger partial charge in [0.05, 0.1) is 0 Å². The average Bonchev–Trinajstić information content (AvgIpc) is 2.74. The van der Waals surface area contributed by atoms with Gasteiger partial charge in [0.15, 0.2) is 0 Å². The fourth-order valence-electron chi connectivity index (χ4n) is 1.20. The highest BCUT2D eigenvalue weighted by Crippen LogP contribution is 2.17. The van der Waals surface area contributed by atoms with Gasteiger partial charge in [-0.2, -0.15) is 0 Å². The Hall–Kier alpha value is -0.570. The van der Waals surface area contributed by atoms with Crippen LogP contribution < -0.4 is 10.6 Å². The van der Waals surface area contributed by atoms with Crippen molar-refractivity contribution < 1.29 is 4.79 Å². The smallest absolute Gasteiger partial charge is 0.207 e. The first-order chi connectivity index (χ1) is 5.83. The molecule has 2 fully saturated rings. The summed E-state index contributed by atoms with van der Waals surface area (Å²) in [5.41, 5.74) is 0. The van der Waals surface area contributed by atoms with Crippen molar-refractivity contribution in [1.29, 1.82) is 0 Å². The summed E-state index contributed by atoms with van der Waals surface area (Å²) >= 11 is 0. The van der Waals surface area contributed by atoms with Gasteiger partial charge < -0.3 is 10.6 Å². The highest BCUT2D eigenvalue weighted by atomic mass is 16.1. The molecular formula is C9H18N2O. The third-order valence-electron chi connectivity index (χ3n) is 2.19. The molecule has 1 saturated carbocycles. The van der Waals surface area contributed by atoms with Gasteiger partial charge in [-0.3, -0.25) is 4.79 Å². The Balaban J connectivity index is 0.000000120. The quantitative estimate of drug-likeness (QED) is 0.597. The van der Waals surface area contributed by atoms with Crippen LogP contribution in [-0.4, -0.2) is 25.0 Å². The van der Waals surface area contributed by atoms with Gasteiger partial charge in [0.25, 0.3) is 0 Å². The zero-order valence-corrected chi connectivity index (χ0v) is 7.68. The zero-order valence-electron chi connectivity index (χ0n) is 7.68. The summed E-state index contributed by atoms with van der Waals surface area (Å²) in [7, 11) is 0. The lowest BCUT2D eigenvalue weighted by atomic mass is 10.3. The Labute approximate surface area is 73.9 Å². The van der Waals surface area contributed by atoms with Gasteiger partial charge in [-0.1, -0.05) is 0 Å². The van der Waals surface area contributed by atoms with Gasteiger partial charge in [-0.15, -0.1) is 0 Å². The number of carbonyl (C=O) groups excluding carboxylic acids is 1. The number of carbonyl (C=O) groups is 1. The summed E-state index contributed by atoms with van der Waals surface area (Å²) in [6.07, 6.45) is 5.87. The van der Waals surface area contributed by atoms with Crippen LogP contribution in [0, 0.1) is 0 Å². The fourth-order valence-corrected chi connectivity index (χ4v) is 1.20. The maximum absolute atomic E-state index is 9.54. The van der Waals surface area contributed by atoms with Crippen molar-refractivity contribution in [2.75, 3.05) is 6.54 Å². The van der Waals surface area contributed by atoms with E-state index in [0.717, 1.165) is 12.5 Å². The van der Waals surface area contributed by atoms with E-state index in [0.29, 0.717) is 6.04 Å². The van der Waals surface area contributed by atoms with Crippen molar-refractivity contribution in [3.63, 3.8) is 0 Å². The number of hydrogen-bond donors (Lipinski definition) is 2. The fraction of sp³-hybridized carbons (Fsp3) is 0.889. The molecule has 0 bridgehead atoms. The van der Waals surface area contributed by atoms with E-state index < -0.39 is 0 Å². The van der Waals surface area contributed by atoms with Gasteiger partial charge >= 0.3 is 0 Å². The highest BCUT2D eigenvalue weighted by molar-refractivity contribution is 5.47. The predicted molar refractivity (Wildman–Crippen MR) is 48.9 cm³/mol. The molecule has 1 saturated heterocycles. The predicted octanol–water partition coefficient (Wildman–Crippen LogP) is 0.653. The van der Waals surface area contributed by atoms with Crippen molar-refractivity contribution >= 4 is 6.41 Å². The Bertz CT molecular complexity index is 128. The van der Waals surface area contributed by atoms with E-state index in [1.165, 1.54) is 32.2 Å². The molecule has 1 heterocycles. The molecule has 0 aromatic carbocycles. The van der Waals surface area contributed by atoms with E-state index in [1.807, 2.05) is 0 Å². The van der Waals surface area contributed by atoms with Crippen LogP contribution >= 0.6 is 0 Å². The second-order valence-corrected chi connectivity index (χ2v) is 3.56. The SMILES string of the molecule is CC1CCCN1.O=CNC1CC1. The first-order valence-corrected chi connectivity index (χ1v) is 4.76.